The molecule has 0 saturated heterocycles. The third kappa shape index (κ3) is 3.62. The number of benzene rings is 2. The number of aromatic nitrogens is 3. The van der Waals surface area contributed by atoms with E-state index in [4.69, 9.17) is 0 Å². The maximum atomic E-state index is 13.1. The van der Waals surface area contributed by atoms with Crippen LogP contribution in [0.5, 0.6) is 0 Å². The van der Waals surface area contributed by atoms with Crippen LogP contribution in [0.15, 0.2) is 65.7 Å². The molecule has 0 saturated carbocycles. The van der Waals surface area contributed by atoms with Crippen LogP contribution in [0.4, 0.5) is 5.69 Å². The smallest absolute Gasteiger partial charge is 0.277 e. The van der Waals surface area contributed by atoms with E-state index in [0.29, 0.717) is 11.3 Å². The number of fused-ring (bicyclic) bond motifs is 1. The number of nitrogens with one attached hydrogen (secondary N) is 1. The number of aliphatic hydroxyl groups excluding tert-OH is 1. The minimum Gasteiger partial charge on any atom is -0.392 e. The molecule has 7 heteroatoms. The van der Waals surface area contributed by atoms with Crippen molar-refractivity contribution >= 4 is 17.1 Å². The molecule has 0 bridgehead atoms. The topological polar surface area (TPSA) is 88.6 Å². The van der Waals surface area contributed by atoms with E-state index in [9.17, 15) is 14.7 Å². The van der Waals surface area contributed by atoms with Crippen LogP contribution in [0.2, 0.25) is 0 Å². The van der Waals surface area contributed by atoms with E-state index >= 15 is 0 Å². The normalized spacial score (nSPS) is 11.0. The summed E-state index contributed by atoms with van der Waals surface area (Å²) in [6, 6.07) is 15.2. The molecular weight excluding hydrogens is 380 g/mol. The molecule has 2 aromatic carbocycles. The average molecular weight is 402 g/mol. The summed E-state index contributed by atoms with van der Waals surface area (Å²) in [4.78, 5) is 25.6. The summed E-state index contributed by atoms with van der Waals surface area (Å²) >= 11 is 0. The van der Waals surface area contributed by atoms with Crippen molar-refractivity contribution in [1.82, 2.24) is 14.2 Å². The lowest BCUT2D eigenvalue weighted by Gasteiger charge is -2.11. The SMILES string of the molecule is Cc1ccc(C)c(NC(=O)Cn2ccn3nc(-c4ccccc4)c(CO)c3c2=O)c1. The van der Waals surface area contributed by atoms with Gasteiger partial charge in [-0.3, -0.25) is 9.59 Å². The van der Waals surface area contributed by atoms with Crippen molar-refractivity contribution in [3.63, 3.8) is 0 Å². The van der Waals surface area contributed by atoms with Gasteiger partial charge in [-0.1, -0.05) is 42.5 Å². The van der Waals surface area contributed by atoms with Gasteiger partial charge in [0.2, 0.25) is 5.91 Å². The molecule has 0 aliphatic carbocycles. The number of aryl methyl sites for hydroxylation is 2. The molecule has 0 atom stereocenters. The number of aliphatic hydroxyl groups is 1. The maximum absolute atomic E-state index is 13.1. The van der Waals surface area contributed by atoms with Crippen LogP contribution in [0.1, 0.15) is 16.7 Å². The highest BCUT2D eigenvalue weighted by atomic mass is 16.3. The van der Waals surface area contributed by atoms with Gasteiger partial charge in [0.15, 0.2) is 0 Å². The molecule has 0 aliphatic rings. The standard InChI is InChI=1S/C23H22N4O3/c1-15-8-9-16(2)19(12-15)24-20(29)13-26-10-11-27-22(23(26)30)18(14-28)21(25-27)17-6-4-3-5-7-17/h3-12,28H,13-14H2,1-2H3,(H,24,29). The van der Waals surface area contributed by atoms with Crippen molar-refractivity contribution < 1.29 is 9.90 Å². The largest absolute Gasteiger partial charge is 0.392 e. The Morgan fingerprint density at radius 3 is 2.60 bits per heavy atom. The molecule has 0 spiro atoms. The van der Waals surface area contributed by atoms with E-state index in [2.05, 4.69) is 10.4 Å². The predicted octanol–water partition coefficient (Wildman–Crippen LogP) is 2.91. The van der Waals surface area contributed by atoms with Crippen LogP contribution < -0.4 is 10.9 Å². The molecule has 152 valence electrons. The monoisotopic (exact) mass is 402 g/mol. The number of hydrogen-bond donors (Lipinski definition) is 2. The van der Waals surface area contributed by atoms with Gasteiger partial charge < -0.3 is 15.0 Å². The fourth-order valence-corrected chi connectivity index (χ4v) is 3.47. The number of anilines is 1. The number of carbonyl (C=O) groups is 1. The van der Waals surface area contributed by atoms with Gasteiger partial charge in [-0.2, -0.15) is 5.10 Å². The predicted molar refractivity (Wildman–Crippen MR) is 115 cm³/mol. The van der Waals surface area contributed by atoms with Gasteiger partial charge in [-0.05, 0) is 31.0 Å². The van der Waals surface area contributed by atoms with Gasteiger partial charge in [0, 0.05) is 29.2 Å². The second kappa shape index (κ2) is 7.96. The van der Waals surface area contributed by atoms with E-state index in [1.54, 1.807) is 6.20 Å². The molecule has 2 N–H and O–H groups in total. The fraction of sp³-hybridized carbons (Fsp3) is 0.174. The lowest BCUT2D eigenvalue weighted by Crippen LogP contribution is -2.28. The number of carbonyl (C=O) groups excluding carboxylic acids is 1. The number of amides is 1. The summed E-state index contributed by atoms with van der Waals surface area (Å²) in [5.41, 5.74) is 4.39. The van der Waals surface area contributed by atoms with E-state index < -0.39 is 0 Å². The van der Waals surface area contributed by atoms with Crippen molar-refractivity contribution in [1.29, 1.82) is 0 Å². The van der Waals surface area contributed by atoms with Crippen LogP contribution >= 0.6 is 0 Å². The van der Waals surface area contributed by atoms with Gasteiger partial charge >= 0.3 is 0 Å². The lowest BCUT2D eigenvalue weighted by molar-refractivity contribution is -0.116. The summed E-state index contributed by atoms with van der Waals surface area (Å²) in [6.45, 7) is 3.40. The highest BCUT2D eigenvalue weighted by Crippen LogP contribution is 2.24. The minimum atomic E-state index is -0.382. The molecule has 7 nitrogen and oxygen atoms in total. The Labute approximate surface area is 173 Å². The number of hydrogen-bond acceptors (Lipinski definition) is 4. The van der Waals surface area contributed by atoms with E-state index in [1.165, 1.54) is 15.3 Å². The zero-order chi connectivity index (χ0) is 21.3. The molecule has 4 rings (SSSR count). The Balaban J connectivity index is 1.69. The summed E-state index contributed by atoms with van der Waals surface area (Å²) in [6.07, 6.45) is 3.15. The Bertz CT molecular complexity index is 1290. The number of nitrogens with zero attached hydrogens (tertiary/aromatic N) is 3. The average Bonchev–Trinajstić information content (AvgIpc) is 3.13. The molecule has 2 aromatic heterocycles. The Hall–Kier alpha value is -3.71. The van der Waals surface area contributed by atoms with Gasteiger partial charge in [0.05, 0.1) is 12.3 Å². The van der Waals surface area contributed by atoms with Crippen molar-refractivity contribution in [2.24, 2.45) is 0 Å². The highest BCUT2D eigenvalue weighted by molar-refractivity contribution is 5.91. The molecule has 30 heavy (non-hydrogen) atoms. The first kappa shape index (κ1) is 19.6. The summed E-state index contributed by atoms with van der Waals surface area (Å²) in [7, 11) is 0. The first-order valence-electron chi connectivity index (χ1n) is 9.62. The zero-order valence-corrected chi connectivity index (χ0v) is 16.8. The first-order valence-corrected chi connectivity index (χ1v) is 9.62. The van der Waals surface area contributed by atoms with E-state index in [1.807, 2.05) is 62.4 Å². The maximum Gasteiger partial charge on any atom is 0.277 e. The fourth-order valence-electron chi connectivity index (χ4n) is 3.47. The summed E-state index contributed by atoms with van der Waals surface area (Å²) < 4.78 is 2.78. The van der Waals surface area contributed by atoms with E-state index in [-0.39, 0.29) is 30.1 Å². The molecule has 0 fully saturated rings. The third-order valence-corrected chi connectivity index (χ3v) is 5.05. The van der Waals surface area contributed by atoms with Crippen LogP contribution in [-0.4, -0.2) is 25.2 Å². The quantitative estimate of drug-likeness (QED) is 0.537. The molecule has 0 aliphatic heterocycles. The molecule has 1 amide bonds. The Morgan fingerprint density at radius 2 is 1.87 bits per heavy atom. The summed E-state index contributed by atoms with van der Waals surface area (Å²) in [5.74, 6) is -0.302. The van der Waals surface area contributed by atoms with Crippen LogP contribution in [-0.2, 0) is 17.9 Å². The van der Waals surface area contributed by atoms with Gasteiger partial charge in [0.1, 0.15) is 12.1 Å². The van der Waals surface area contributed by atoms with Crippen LogP contribution in [0.3, 0.4) is 0 Å². The minimum absolute atomic E-state index is 0.139. The van der Waals surface area contributed by atoms with Crippen molar-refractivity contribution in [2.75, 3.05) is 5.32 Å². The van der Waals surface area contributed by atoms with Crippen LogP contribution in [0.25, 0.3) is 16.8 Å². The molecule has 0 radical (unpaired) electrons. The molecular formula is C23H22N4O3. The van der Waals surface area contributed by atoms with Crippen molar-refractivity contribution in [2.45, 2.75) is 27.0 Å². The lowest BCUT2D eigenvalue weighted by atomic mass is 10.1. The van der Waals surface area contributed by atoms with Gasteiger partial charge in [-0.25, -0.2) is 4.52 Å². The van der Waals surface area contributed by atoms with Gasteiger partial charge in [-0.15, -0.1) is 0 Å². The second-order valence-corrected chi connectivity index (χ2v) is 7.24. The van der Waals surface area contributed by atoms with E-state index in [0.717, 1.165) is 22.4 Å². The third-order valence-electron chi connectivity index (χ3n) is 5.05. The Kier molecular flexibility index (Phi) is 5.20. The van der Waals surface area contributed by atoms with Gasteiger partial charge in [0.25, 0.3) is 5.56 Å². The van der Waals surface area contributed by atoms with Crippen molar-refractivity contribution in [3.05, 3.63) is 88.0 Å². The number of rotatable bonds is 5. The first-order chi connectivity index (χ1) is 14.5. The summed E-state index contributed by atoms with van der Waals surface area (Å²) in [5, 5.41) is 17.3. The zero-order valence-electron chi connectivity index (χ0n) is 16.8. The van der Waals surface area contributed by atoms with Crippen molar-refractivity contribution in [3.8, 4) is 11.3 Å². The highest BCUT2D eigenvalue weighted by Gasteiger charge is 2.18. The second-order valence-electron chi connectivity index (χ2n) is 7.24. The Morgan fingerprint density at radius 1 is 1.10 bits per heavy atom. The molecule has 4 aromatic rings. The molecule has 2 heterocycles. The van der Waals surface area contributed by atoms with Crippen LogP contribution in [0, 0.1) is 13.8 Å². The molecule has 0 unspecified atom stereocenters.